The van der Waals surface area contributed by atoms with E-state index in [4.69, 9.17) is 4.74 Å². The summed E-state index contributed by atoms with van der Waals surface area (Å²) in [6, 6.07) is 13.6. The zero-order chi connectivity index (χ0) is 20.4. The molecule has 2 rings (SSSR count). The van der Waals surface area contributed by atoms with Crippen LogP contribution in [0.25, 0.3) is 0 Å². The fraction of sp³-hybridized carbons (Fsp3) is 0.381. The van der Waals surface area contributed by atoms with E-state index < -0.39 is 0 Å². The molecule has 7 heteroatoms. The molecule has 3 N–H and O–H groups in total. The molecule has 0 aliphatic rings. The van der Waals surface area contributed by atoms with Crippen molar-refractivity contribution in [3.05, 3.63) is 59.9 Å². The van der Waals surface area contributed by atoms with E-state index in [1.54, 1.807) is 13.2 Å². The van der Waals surface area contributed by atoms with Crippen LogP contribution >= 0.6 is 0 Å². The third-order valence-electron chi connectivity index (χ3n) is 3.65. The van der Waals surface area contributed by atoms with Crippen LogP contribution in [-0.4, -0.2) is 36.0 Å². The molecule has 0 saturated heterocycles. The van der Waals surface area contributed by atoms with Crippen LogP contribution in [0, 0.1) is 0 Å². The average Bonchev–Trinajstić information content (AvgIpc) is 2.67. The van der Waals surface area contributed by atoms with Crippen LogP contribution in [0.15, 0.2) is 53.7 Å². The second-order valence-corrected chi connectivity index (χ2v) is 7.33. The quantitative estimate of drug-likeness (QED) is 0.504. The Morgan fingerprint density at radius 1 is 1.11 bits per heavy atom. The van der Waals surface area contributed by atoms with Crippen LogP contribution < -0.4 is 20.7 Å². The molecule has 0 radical (unpaired) electrons. The first-order valence-electron chi connectivity index (χ1n) is 9.23. The van der Waals surface area contributed by atoms with Crippen molar-refractivity contribution < 1.29 is 9.53 Å². The van der Waals surface area contributed by atoms with Gasteiger partial charge < -0.3 is 20.7 Å². The molecular weight excluding hydrogens is 354 g/mol. The number of carbonyl (C=O) groups is 1. The van der Waals surface area contributed by atoms with E-state index in [-0.39, 0.29) is 18.0 Å². The molecule has 0 fully saturated rings. The Morgan fingerprint density at radius 2 is 1.86 bits per heavy atom. The molecule has 0 unspecified atom stereocenters. The highest BCUT2D eigenvalue weighted by molar-refractivity contribution is 5.86. The van der Waals surface area contributed by atoms with Gasteiger partial charge in [-0.15, -0.1) is 0 Å². The summed E-state index contributed by atoms with van der Waals surface area (Å²) in [5.41, 5.74) is 1.71. The van der Waals surface area contributed by atoms with Crippen molar-refractivity contribution in [2.24, 2.45) is 4.99 Å². The van der Waals surface area contributed by atoms with Crippen LogP contribution in [0.5, 0.6) is 5.75 Å². The Balaban J connectivity index is 1.75. The minimum absolute atomic E-state index is 0.0788. The highest BCUT2D eigenvalue weighted by atomic mass is 16.5. The Kier molecular flexibility index (Phi) is 7.80. The molecule has 0 aliphatic carbocycles. The molecule has 7 nitrogen and oxygen atoms in total. The van der Waals surface area contributed by atoms with E-state index in [1.807, 2.05) is 63.2 Å². The molecule has 2 aromatic rings. The van der Waals surface area contributed by atoms with Gasteiger partial charge in [-0.05, 0) is 50.6 Å². The molecule has 0 aliphatic heterocycles. The summed E-state index contributed by atoms with van der Waals surface area (Å²) in [4.78, 5) is 20.3. The molecule has 1 aromatic carbocycles. The number of benzene rings is 1. The van der Waals surface area contributed by atoms with E-state index in [2.05, 4.69) is 25.9 Å². The van der Waals surface area contributed by atoms with E-state index in [9.17, 15) is 4.79 Å². The van der Waals surface area contributed by atoms with Gasteiger partial charge in [0.1, 0.15) is 12.4 Å². The number of amides is 1. The van der Waals surface area contributed by atoms with Gasteiger partial charge in [0.05, 0.1) is 12.2 Å². The van der Waals surface area contributed by atoms with Gasteiger partial charge >= 0.3 is 0 Å². The van der Waals surface area contributed by atoms with Crippen LogP contribution in [-0.2, 0) is 17.9 Å². The van der Waals surface area contributed by atoms with E-state index in [0.717, 1.165) is 17.0 Å². The van der Waals surface area contributed by atoms with Crippen LogP contribution in [0.3, 0.4) is 0 Å². The molecule has 1 aromatic heterocycles. The number of pyridine rings is 1. The number of guanidine groups is 1. The Morgan fingerprint density at radius 3 is 2.46 bits per heavy atom. The largest absolute Gasteiger partial charge is 0.487 e. The second-order valence-electron chi connectivity index (χ2n) is 7.33. The predicted octanol–water partition coefficient (Wildman–Crippen LogP) is 2.24. The predicted molar refractivity (Wildman–Crippen MR) is 111 cm³/mol. The van der Waals surface area contributed by atoms with Crippen LogP contribution in [0.1, 0.15) is 32.0 Å². The summed E-state index contributed by atoms with van der Waals surface area (Å²) in [5, 5.41) is 9.10. The number of nitrogens with zero attached hydrogens (tertiary/aromatic N) is 2. The molecule has 1 heterocycles. The Labute approximate surface area is 166 Å². The van der Waals surface area contributed by atoms with Gasteiger partial charge in [0.25, 0.3) is 0 Å². The highest BCUT2D eigenvalue weighted by Gasteiger charge is 2.13. The van der Waals surface area contributed by atoms with Gasteiger partial charge in [0.15, 0.2) is 5.96 Å². The topological polar surface area (TPSA) is 87.6 Å². The number of carbonyl (C=O) groups excluding carboxylic acids is 1. The van der Waals surface area contributed by atoms with Crippen molar-refractivity contribution >= 4 is 11.9 Å². The normalized spacial score (nSPS) is 11.6. The maximum atomic E-state index is 11.9. The van der Waals surface area contributed by atoms with Gasteiger partial charge in [0, 0.05) is 25.3 Å². The van der Waals surface area contributed by atoms with Crippen molar-refractivity contribution in [2.75, 3.05) is 13.6 Å². The average molecular weight is 383 g/mol. The summed E-state index contributed by atoms with van der Waals surface area (Å²) in [7, 11) is 1.67. The van der Waals surface area contributed by atoms with Gasteiger partial charge in [-0.2, -0.15) is 0 Å². The van der Waals surface area contributed by atoms with Crippen molar-refractivity contribution in [1.29, 1.82) is 0 Å². The molecular formula is C21H29N5O2. The number of ether oxygens (including phenoxy) is 1. The van der Waals surface area contributed by atoms with Gasteiger partial charge in [-0.1, -0.05) is 18.2 Å². The van der Waals surface area contributed by atoms with Crippen LogP contribution in [0.4, 0.5) is 0 Å². The number of hydrogen-bond donors (Lipinski definition) is 3. The lowest BCUT2D eigenvalue weighted by atomic mass is 10.1. The number of nitrogens with one attached hydrogen (secondary N) is 3. The van der Waals surface area contributed by atoms with Crippen LogP contribution in [0.2, 0.25) is 0 Å². The molecule has 1 amide bonds. The van der Waals surface area contributed by atoms with Crippen molar-refractivity contribution in [3.8, 4) is 5.75 Å². The summed E-state index contributed by atoms with van der Waals surface area (Å²) in [5.74, 6) is 1.28. The van der Waals surface area contributed by atoms with Crippen molar-refractivity contribution in [3.63, 3.8) is 0 Å². The Hall–Kier alpha value is -3.09. The SMILES string of the molecule is CN=C(NCC(=O)NC(C)(C)C)NCc1ccc(OCc2ccccn2)cc1. The fourth-order valence-corrected chi connectivity index (χ4v) is 2.38. The first kappa shape index (κ1) is 21.2. The van der Waals surface area contributed by atoms with Gasteiger partial charge in [0.2, 0.25) is 5.91 Å². The fourth-order valence-electron chi connectivity index (χ4n) is 2.38. The third-order valence-corrected chi connectivity index (χ3v) is 3.65. The van der Waals surface area contributed by atoms with Gasteiger partial charge in [-0.25, -0.2) is 0 Å². The minimum atomic E-state index is -0.254. The second kappa shape index (κ2) is 10.3. The minimum Gasteiger partial charge on any atom is -0.487 e. The maximum absolute atomic E-state index is 11.9. The number of hydrogen-bond acceptors (Lipinski definition) is 4. The zero-order valence-electron chi connectivity index (χ0n) is 17.0. The first-order chi connectivity index (χ1) is 13.4. The molecule has 0 spiro atoms. The van der Waals surface area contributed by atoms with Crippen molar-refractivity contribution in [1.82, 2.24) is 20.9 Å². The lowest BCUT2D eigenvalue weighted by Gasteiger charge is -2.21. The molecule has 0 bridgehead atoms. The maximum Gasteiger partial charge on any atom is 0.239 e. The van der Waals surface area contributed by atoms with E-state index in [0.29, 0.717) is 19.1 Å². The smallest absolute Gasteiger partial charge is 0.239 e. The van der Waals surface area contributed by atoms with E-state index >= 15 is 0 Å². The molecule has 0 saturated carbocycles. The summed E-state index contributed by atoms with van der Waals surface area (Å²) in [6.07, 6.45) is 1.75. The summed E-state index contributed by atoms with van der Waals surface area (Å²) < 4.78 is 5.74. The van der Waals surface area contributed by atoms with Gasteiger partial charge in [-0.3, -0.25) is 14.8 Å². The standard InChI is InChI=1S/C21H29N5O2/c1-21(2,3)26-19(27)14-25-20(22-4)24-13-16-8-10-18(11-9-16)28-15-17-7-5-6-12-23-17/h5-12H,13-15H2,1-4H3,(H,26,27)(H2,22,24,25). The zero-order valence-corrected chi connectivity index (χ0v) is 17.0. The molecule has 150 valence electrons. The lowest BCUT2D eigenvalue weighted by Crippen LogP contribution is -2.48. The monoisotopic (exact) mass is 383 g/mol. The first-order valence-corrected chi connectivity index (χ1v) is 9.23. The third kappa shape index (κ3) is 8.07. The van der Waals surface area contributed by atoms with E-state index in [1.165, 1.54) is 0 Å². The Bertz CT molecular complexity index is 768. The molecule has 0 atom stereocenters. The summed E-state index contributed by atoms with van der Waals surface area (Å²) in [6.45, 7) is 7.02. The molecule has 28 heavy (non-hydrogen) atoms. The lowest BCUT2D eigenvalue weighted by molar-refractivity contribution is -0.121. The number of aliphatic imine (C=N–C) groups is 1. The summed E-state index contributed by atoms with van der Waals surface area (Å²) >= 11 is 0. The number of rotatable bonds is 7. The number of aromatic nitrogens is 1. The highest BCUT2D eigenvalue weighted by Crippen LogP contribution is 2.13. The van der Waals surface area contributed by atoms with Crippen molar-refractivity contribution in [2.45, 2.75) is 39.5 Å².